The highest BCUT2D eigenvalue weighted by Gasteiger charge is 2.13. The van der Waals surface area contributed by atoms with Gasteiger partial charge in [-0.25, -0.2) is 18.7 Å². The number of aryl methyl sites for hydroxylation is 1. The summed E-state index contributed by atoms with van der Waals surface area (Å²) in [5.74, 6) is -1.53. The monoisotopic (exact) mass is 331 g/mol. The largest absolute Gasteiger partial charge is 0.296 e. The quantitative estimate of drug-likeness (QED) is 0.788. The second kappa shape index (κ2) is 6.21. The molecule has 2 aromatic heterocycles. The minimum atomic E-state index is -0.574. The molecule has 116 valence electrons. The van der Waals surface area contributed by atoms with Crippen molar-refractivity contribution >= 4 is 22.4 Å². The second-order valence-corrected chi connectivity index (χ2v) is 5.64. The molecule has 0 fully saturated rings. The summed E-state index contributed by atoms with van der Waals surface area (Å²) in [5, 5.41) is 4.44. The molecule has 4 nitrogen and oxygen atoms in total. The van der Waals surface area contributed by atoms with Crippen LogP contribution in [0.1, 0.15) is 16.2 Å². The van der Waals surface area contributed by atoms with Gasteiger partial charge in [0.25, 0.3) is 5.91 Å². The maximum atomic E-state index is 13.7. The maximum Gasteiger partial charge on any atom is 0.276 e. The Labute approximate surface area is 134 Å². The number of nitrogens with zero attached hydrogens (tertiary/aromatic N) is 2. The Hall–Kier alpha value is -2.67. The topological polar surface area (TPSA) is 54.9 Å². The van der Waals surface area contributed by atoms with E-state index in [0.717, 1.165) is 35.2 Å². The van der Waals surface area contributed by atoms with Crippen molar-refractivity contribution in [2.75, 3.05) is 5.32 Å². The number of benzene rings is 1. The minimum Gasteiger partial charge on any atom is -0.296 e. The molecule has 0 spiro atoms. The van der Waals surface area contributed by atoms with E-state index in [1.807, 2.05) is 0 Å². The Morgan fingerprint density at radius 2 is 2.00 bits per heavy atom. The Morgan fingerprint density at radius 1 is 1.17 bits per heavy atom. The van der Waals surface area contributed by atoms with E-state index < -0.39 is 17.5 Å². The molecule has 0 aliphatic rings. The normalized spacial score (nSPS) is 10.6. The summed E-state index contributed by atoms with van der Waals surface area (Å²) in [6, 6.07) is 8.25. The van der Waals surface area contributed by atoms with Crippen molar-refractivity contribution in [3.8, 4) is 11.3 Å². The van der Waals surface area contributed by atoms with E-state index in [0.29, 0.717) is 0 Å². The third-order valence-corrected chi connectivity index (χ3v) is 3.81. The van der Waals surface area contributed by atoms with Crippen LogP contribution in [0, 0.1) is 18.6 Å². The number of aromatic nitrogens is 2. The number of hydrogen-bond donors (Lipinski definition) is 1. The van der Waals surface area contributed by atoms with Crippen LogP contribution in [0.25, 0.3) is 11.3 Å². The van der Waals surface area contributed by atoms with Crippen molar-refractivity contribution in [2.45, 2.75) is 6.92 Å². The van der Waals surface area contributed by atoms with Crippen LogP contribution in [-0.4, -0.2) is 15.9 Å². The summed E-state index contributed by atoms with van der Waals surface area (Å²) in [6.07, 6.45) is 0. The number of thiazole rings is 1. The van der Waals surface area contributed by atoms with E-state index in [1.165, 1.54) is 0 Å². The van der Waals surface area contributed by atoms with Crippen LogP contribution in [-0.2, 0) is 0 Å². The van der Waals surface area contributed by atoms with Gasteiger partial charge < -0.3 is 0 Å². The molecule has 1 aromatic carbocycles. The van der Waals surface area contributed by atoms with Crippen LogP contribution >= 0.6 is 11.3 Å². The van der Waals surface area contributed by atoms with Gasteiger partial charge in [-0.05, 0) is 37.3 Å². The van der Waals surface area contributed by atoms with Crippen LogP contribution < -0.4 is 5.32 Å². The lowest BCUT2D eigenvalue weighted by Gasteiger charge is -2.02. The molecule has 0 bridgehead atoms. The fourth-order valence-corrected chi connectivity index (χ4v) is 2.68. The molecule has 2 heterocycles. The molecule has 0 radical (unpaired) electrons. The van der Waals surface area contributed by atoms with Crippen LogP contribution in [0.5, 0.6) is 0 Å². The molecule has 1 amide bonds. The van der Waals surface area contributed by atoms with Crippen LogP contribution in [0.15, 0.2) is 41.8 Å². The van der Waals surface area contributed by atoms with Gasteiger partial charge in [0.1, 0.15) is 17.3 Å². The molecule has 0 atom stereocenters. The van der Waals surface area contributed by atoms with Crippen LogP contribution in [0.4, 0.5) is 13.9 Å². The SMILES string of the molecule is Cc1cccc(C(=O)Nc2nc(-c3cc(F)ccc3F)cs2)n1. The number of carbonyl (C=O) groups excluding carboxylic acids is 1. The molecule has 0 saturated carbocycles. The number of amides is 1. The van der Waals surface area contributed by atoms with Crippen LogP contribution in [0.2, 0.25) is 0 Å². The lowest BCUT2D eigenvalue weighted by Crippen LogP contribution is -2.13. The molecular weight excluding hydrogens is 320 g/mol. The highest BCUT2D eigenvalue weighted by molar-refractivity contribution is 7.14. The predicted octanol–water partition coefficient (Wildman–Crippen LogP) is 4.04. The average molecular weight is 331 g/mol. The number of carbonyl (C=O) groups is 1. The van der Waals surface area contributed by atoms with E-state index in [1.54, 1.807) is 30.5 Å². The standard InChI is InChI=1S/C16H11F2N3OS/c1-9-3-2-4-13(19-9)15(22)21-16-20-14(8-23-16)11-7-10(17)5-6-12(11)18/h2-8H,1H3,(H,20,21,22). The average Bonchev–Trinajstić information content (AvgIpc) is 2.98. The van der Waals surface area contributed by atoms with E-state index in [4.69, 9.17) is 0 Å². The first kappa shape index (κ1) is 15.2. The van der Waals surface area contributed by atoms with Crippen molar-refractivity contribution in [1.29, 1.82) is 0 Å². The molecule has 3 aromatic rings. The molecule has 0 aliphatic heterocycles. The Balaban J connectivity index is 1.82. The van der Waals surface area contributed by atoms with Gasteiger partial charge in [0.15, 0.2) is 5.13 Å². The van der Waals surface area contributed by atoms with Gasteiger partial charge in [-0.1, -0.05) is 6.07 Å². The lowest BCUT2D eigenvalue weighted by molar-refractivity contribution is 0.102. The third-order valence-electron chi connectivity index (χ3n) is 3.05. The Kier molecular flexibility index (Phi) is 4.12. The van der Waals surface area contributed by atoms with Gasteiger partial charge in [-0.15, -0.1) is 11.3 Å². The van der Waals surface area contributed by atoms with E-state index >= 15 is 0 Å². The molecule has 0 saturated heterocycles. The molecule has 0 unspecified atom stereocenters. The summed E-state index contributed by atoms with van der Waals surface area (Å²) in [4.78, 5) is 20.3. The number of anilines is 1. The minimum absolute atomic E-state index is 0.0513. The molecule has 3 rings (SSSR count). The Bertz CT molecular complexity index is 879. The Morgan fingerprint density at radius 3 is 2.78 bits per heavy atom. The second-order valence-electron chi connectivity index (χ2n) is 4.78. The molecule has 0 aliphatic carbocycles. The number of pyridine rings is 1. The zero-order chi connectivity index (χ0) is 16.4. The fraction of sp³-hybridized carbons (Fsp3) is 0.0625. The number of rotatable bonds is 3. The van der Waals surface area contributed by atoms with Gasteiger partial charge in [-0.2, -0.15) is 0 Å². The first-order valence-corrected chi connectivity index (χ1v) is 7.57. The van der Waals surface area contributed by atoms with Gasteiger partial charge in [0.2, 0.25) is 0 Å². The van der Waals surface area contributed by atoms with Gasteiger partial charge in [0, 0.05) is 16.6 Å². The lowest BCUT2D eigenvalue weighted by atomic mass is 10.1. The first-order chi connectivity index (χ1) is 11.0. The number of halogens is 2. The highest BCUT2D eigenvalue weighted by Crippen LogP contribution is 2.27. The molecule has 23 heavy (non-hydrogen) atoms. The summed E-state index contributed by atoms with van der Waals surface area (Å²) < 4.78 is 27.0. The fourth-order valence-electron chi connectivity index (χ4n) is 1.98. The van der Waals surface area contributed by atoms with Crippen molar-refractivity contribution < 1.29 is 13.6 Å². The van der Waals surface area contributed by atoms with E-state index in [-0.39, 0.29) is 22.1 Å². The molecular formula is C16H11F2N3OS. The smallest absolute Gasteiger partial charge is 0.276 e. The number of hydrogen-bond acceptors (Lipinski definition) is 4. The van der Waals surface area contributed by atoms with Gasteiger partial charge in [-0.3, -0.25) is 10.1 Å². The zero-order valence-corrected chi connectivity index (χ0v) is 12.8. The molecule has 1 N–H and O–H groups in total. The third kappa shape index (κ3) is 3.40. The van der Waals surface area contributed by atoms with Crippen molar-refractivity contribution in [2.24, 2.45) is 0 Å². The van der Waals surface area contributed by atoms with Gasteiger partial charge in [0.05, 0.1) is 5.69 Å². The molecule has 7 heteroatoms. The summed E-state index contributed by atoms with van der Waals surface area (Å²) in [6.45, 7) is 1.78. The van der Waals surface area contributed by atoms with Gasteiger partial charge >= 0.3 is 0 Å². The van der Waals surface area contributed by atoms with Crippen molar-refractivity contribution in [3.63, 3.8) is 0 Å². The summed E-state index contributed by atoms with van der Waals surface area (Å²) in [7, 11) is 0. The summed E-state index contributed by atoms with van der Waals surface area (Å²) in [5.41, 5.74) is 1.30. The maximum absolute atomic E-state index is 13.7. The predicted molar refractivity (Wildman–Crippen MR) is 84.4 cm³/mol. The summed E-state index contributed by atoms with van der Waals surface area (Å²) >= 11 is 1.13. The van der Waals surface area contributed by atoms with Crippen molar-refractivity contribution in [1.82, 2.24) is 9.97 Å². The highest BCUT2D eigenvalue weighted by atomic mass is 32.1. The first-order valence-electron chi connectivity index (χ1n) is 6.69. The zero-order valence-electron chi connectivity index (χ0n) is 12.0. The number of nitrogens with one attached hydrogen (secondary N) is 1. The van der Waals surface area contributed by atoms with Crippen molar-refractivity contribution in [3.05, 3.63) is 64.8 Å². The van der Waals surface area contributed by atoms with Crippen LogP contribution in [0.3, 0.4) is 0 Å². The van der Waals surface area contributed by atoms with E-state index in [2.05, 4.69) is 15.3 Å². The van der Waals surface area contributed by atoms with E-state index in [9.17, 15) is 13.6 Å².